The van der Waals surface area contributed by atoms with Gasteiger partial charge in [-0.25, -0.2) is 0 Å². The van der Waals surface area contributed by atoms with Crippen LogP contribution >= 0.6 is 39.1 Å². The van der Waals surface area contributed by atoms with Gasteiger partial charge in [-0.1, -0.05) is 69.9 Å². The van der Waals surface area contributed by atoms with Gasteiger partial charge in [-0.3, -0.25) is 4.79 Å². The molecule has 0 amide bonds. The fourth-order valence-corrected chi connectivity index (χ4v) is 3.94. The molecule has 1 aromatic carbocycles. The average molecular weight is 386 g/mol. The van der Waals surface area contributed by atoms with Gasteiger partial charge in [-0.2, -0.15) is 0 Å². The molecule has 0 aromatic heterocycles. The van der Waals surface area contributed by atoms with E-state index in [1.807, 2.05) is 12.1 Å². The fourth-order valence-electron chi connectivity index (χ4n) is 2.94. The molecule has 21 heavy (non-hydrogen) atoms. The molecule has 1 unspecified atom stereocenters. The number of allylic oxidation sites excluding steroid dienone is 3. The highest BCUT2D eigenvalue weighted by Gasteiger charge is 2.27. The first kappa shape index (κ1) is 15.1. The number of benzene rings is 1. The number of fused-ring (bicyclic) bond motifs is 1. The third-order valence-electron chi connectivity index (χ3n) is 3.95. The van der Waals surface area contributed by atoms with Crippen LogP contribution in [0.2, 0.25) is 10.0 Å². The predicted octanol–water partition coefficient (Wildman–Crippen LogP) is 5.68. The molecule has 1 aliphatic heterocycles. The van der Waals surface area contributed by atoms with Crippen molar-refractivity contribution in [3.05, 3.63) is 60.5 Å². The van der Waals surface area contributed by atoms with Crippen molar-refractivity contribution in [1.29, 1.82) is 0 Å². The average Bonchev–Trinajstić information content (AvgIpc) is 2.54. The zero-order chi connectivity index (χ0) is 15.1. The van der Waals surface area contributed by atoms with Gasteiger partial charge in [-0.15, -0.1) is 0 Å². The maximum Gasteiger partial charge on any atom is 0.173 e. The quantitative estimate of drug-likeness (QED) is 0.611. The summed E-state index contributed by atoms with van der Waals surface area (Å²) in [6, 6.07) is 3.47. The lowest BCUT2D eigenvalue weighted by molar-refractivity contribution is 0.103. The molecule has 0 spiro atoms. The molecule has 1 aromatic rings. The Hall–Kier alpha value is -0.770. The van der Waals surface area contributed by atoms with Crippen molar-refractivity contribution >= 4 is 44.9 Å². The van der Waals surface area contributed by atoms with Crippen LogP contribution in [0, 0.1) is 5.92 Å². The van der Waals surface area contributed by atoms with Crippen LogP contribution < -0.4 is 0 Å². The van der Waals surface area contributed by atoms with E-state index in [0.29, 0.717) is 27.9 Å². The maximum atomic E-state index is 12.8. The molecule has 0 bridgehead atoms. The second kappa shape index (κ2) is 5.79. The van der Waals surface area contributed by atoms with Gasteiger partial charge in [0.15, 0.2) is 5.78 Å². The van der Waals surface area contributed by atoms with E-state index in [1.54, 1.807) is 6.07 Å². The second-order valence-electron chi connectivity index (χ2n) is 5.27. The Bertz CT molecular complexity index is 694. The van der Waals surface area contributed by atoms with Gasteiger partial charge in [0.2, 0.25) is 0 Å². The number of carbonyl (C=O) groups excluding carboxylic acids is 1. The van der Waals surface area contributed by atoms with Gasteiger partial charge in [-0.05, 0) is 40.9 Å². The van der Waals surface area contributed by atoms with Gasteiger partial charge >= 0.3 is 0 Å². The van der Waals surface area contributed by atoms with Crippen LogP contribution in [0.4, 0.5) is 0 Å². The lowest BCUT2D eigenvalue weighted by Gasteiger charge is -2.32. The van der Waals surface area contributed by atoms with Crippen molar-refractivity contribution in [2.24, 2.45) is 5.92 Å². The summed E-state index contributed by atoms with van der Waals surface area (Å²) in [5, 5.41) is 5.43. The van der Waals surface area contributed by atoms with E-state index >= 15 is 0 Å². The molecule has 0 saturated carbocycles. The maximum absolute atomic E-state index is 12.8. The van der Waals surface area contributed by atoms with Crippen LogP contribution in [0.1, 0.15) is 29.3 Å². The SMILES string of the molecule is CCC1Cc2cc(Cl)cc(Cl)c2C(=O)C2=C1C=C(Br)C[N-]2. The van der Waals surface area contributed by atoms with Crippen LogP contribution in [0.3, 0.4) is 0 Å². The Balaban J connectivity index is 2.22. The third kappa shape index (κ3) is 2.67. The number of rotatable bonds is 1. The molecular formula is C16H13BrCl2NO-. The number of hydrogen-bond donors (Lipinski definition) is 0. The fraction of sp³-hybridized carbons (Fsp3) is 0.312. The van der Waals surface area contributed by atoms with E-state index in [1.165, 1.54) is 0 Å². The first-order chi connectivity index (χ1) is 10.0. The number of nitrogens with zero attached hydrogens (tertiary/aromatic N) is 1. The lowest BCUT2D eigenvalue weighted by Crippen LogP contribution is -2.12. The Morgan fingerprint density at radius 2 is 2.14 bits per heavy atom. The molecule has 1 aliphatic carbocycles. The second-order valence-corrected chi connectivity index (χ2v) is 7.13. The minimum absolute atomic E-state index is 0.0890. The monoisotopic (exact) mass is 384 g/mol. The van der Waals surface area contributed by atoms with Crippen molar-refractivity contribution in [1.82, 2.24) is 0 Å². The number of carbonyl (C=O) groups is 1. The van der Waals surface area contributed by atoms with E-state index in [-0.39, 0.29) is 11.7 Å². The van der Waals surface area contributed by atoms with Crippen LogP contribution in [-0.4, -0.2) is 12.3 Å². The summed E-state index contributed by atoms with van der Waals surface area (Å²) in [7, 11) is 0. The topological polar surface area (TPSA) is 31.2 Å². The van der Waals surface area contributed by atoms with Crippen molar-refractivity contribution in [3.8, 4) is 0 Å². The van der Waals surface area contributed by atoms with Crippen LogP contribution in [-0.2, 0) is 6.42 Å². The Kier molecular flexibility index (Phi) is 4.17. The zero-order valence-electron chi connectivity index (χ0n) is 11.4. The summed E-state index contributed by atoms with van der Waals surface area (Å²) in [6.07, 6.45) is 3.72. The molecular weight excluding hydrogens is 373 g/mol. The first-order valence-electron chi connectivity index (χ1n) is 6.81. The highest BCUT2D eigenvalue weighted by atomic mass is 79.9. The molecule has 5 heteroatoms. The molecule has 1 atom stereocenters. The molecule has 0 radical (unpaired) electrons. The summed E-state index contributed by atoms with van der Waals surface area (Å²) in [5.74, 6) is 0.158. The van der Waals surface area contributed by atoms with E-state index in [9.17, 15) is 4.79 Å². The Morgan fingerprint density at radius 3 is 2.86 bits per heavy atom. The van der Waals surface area contributed by atoms with Gasteiger partial charge in [0.25, 0.3) is 0 Å². The summed E-state index contributed by atoms with van der Waals surface area (Å²) >= 11 is 15.9. The zero-order valence-corrected chi connectivity index (χ0v) is 14.5. The number of Topliss-reactive ketones (excluding diaryl/α,β-unsaturated/α-hetero) is 1. The minimum Gasteiger partial charge on any atom is -0.677 e. The predicted molar refractivity (Wildman–Crippen MR) is 90.5 cm³/mol. The van der Waals surface area contributed by atoms with Gasteiger partial charge in [0.05, 0.1) is 5.02 Å². The first-order valence-corrected chi connectivity index (χ1v) is 8.36. The smallest absolute Gasteiger partial charge is 0.173 e. The summed E-state index contributed by atoms with van der Waals surface area (Å²) in [5.41, 5.74) is 3.02. The van der Waals surface area contributed by atoms with Gasteiger partial charge in [0, 0.05) is 10.6 Å². The molecule has 0 saturated heterocycles. The Labute approximate surface area is 142 Å². The highest BCUT2D eigenvalue weighted by Crippen LogP contribution is 2.40. The molecule has 2 nitrogen and oxygen atoms in total. The Morgan fingerprint density at radius 1 is 1.38 bits per heavy atom. The molecule has 0 fully saturated rings. The van der Waals surface area contributed by atoms with E-state index < -0.39 is 0 Å². The standard InChI is InChI=1S/C16H13BrCl2NO/c1-2-8-3-9-4-11(18)6-13(19)14(9)16(21)15-12(8)5-10(17)7-20-15/h4-6,8H,2-3,7H2,1H3/q-1. The molecule has 1 heterocycles. The largest absolute Gasteiger partial charge is 0.677 e. The lowest BCUT2D eigenvalue weighted by atomic mass is 9.89. The number of hydrogen-bond acceptors (Lipinski definition) is 1. The molecule has 0 N–H and O–H groups in total. The van der Waals surface area contributed by atoms with E-state index in [2.05, 4.69) is 28.2 Å². The van der Waals surface area contributed by atoms with Gasteiger partial charge in [0.1, 0.15) is 0 Å². The third-order valence-corrected chi connectivity index (χ3v) is 4.95. The summed E-state index contributed by atoms with van der Waals surface area (Å²) < 4.78 is 1.00. The van der Waals surface area contributed by atoms with Crippen LogP contribution in [0.5, 0.6) is 0 Å². The molecule has 110 valence electrons. The van der Waals surface area contributed by atoms with Gasteiger partial charge < -0.3 is 5.32 Å². The van der Waals surface area contributed by atoms with Crippen molar-refractivity contribution < 1.29 is 4.79 Å². The number of halogens is 3. The van der Waals surface area contributed by atoms with Crippen molar-refractivity contribution in [2.45, 2.75) is 19.8 Å². The normalized spacial score (nSPS) is 21.2. The summed E-state index contributed by atoms with van der Waals surface area (Å²) in [6.45, 7) is 2.62. The van der Waals surface area contributed by atoms with Crippen LogP contribution in [0.15, 0.2) is 34.0 Å². The molecule has 3 rings (SSSR count). The van der Waals surface area contributed by atoms with E-state index in [0.717, 1.165) is 28.5 Å². The van der Waals surface area contributed by atoms with Crippen molar-refractivity contribution in [3.63, 3.8) is 0 Å². The number of ketones is 1. The highest BCUT2D eigenvalue weighted by molar-refractivity contribution is 9.11. The molecule has 2 aliphatic rings. The van der Waals surface area contributed by atoms with Crippen LogP contribution in [0.25, 0.3) is 5.32 Å². The van der Waals surface area contributed by atoms with E-state index in [4.69, 9.17) is 23.2 Å². The van der Waals surface area contributed by atoms with Crippen molar-refractivity contribution in [2.75, 3.05) is 6.54 Å². The summed E-state index contributed by atoms with van der Waals surface area (Å²) in [4.78, 5) is 12.8. The minimum atomic E-state index is -0.0890.